The molecule has 3 aromatic rings. The molecule has 1 aliphatic rings. The van der Waals surface area contributed by atoms with Crippen LogP contribution in [0.2, 0.25) is 0 Å². The molecule has 1 fully saturated rings. The summed E-state index contributed by atoms with van der Waals surface area (Å²) in [5.74, 6) is 0.988. The monoisotopic (exact) mass is 470 g/mol. The Hall–Kier alpha value is -2.29. The van der Waals surface area contributed by atoms with Crippen LogP contribution in [0, 0.1) is 6.92 Å². The highest BCUT2D eigenvalue weighted by Crippen LogP contribution is 2.27. The van der Waals surface area contributed by atoms with Gasteiger partial charge in [0.05, 0.1) is 23.5 Å². The van der Waals surface area contributed by atoms with E-state index in [0.717, 1.165) is 89.6 Å². The zero-order valence-electron chi connectivity index (χ0n) is 19.0. The molecule has 8 heteroatoms. The highest BCUT2D eigenvalue weighted by atomic mass is 32.1. The molecule has 0 aliphatic carbocycles. The fourth-order valence-electron chi connectivity index (χ4n) is 3.81. The molecule has 170 valence electrons. The molecule has 0 unspecified atom stereocenters. The Morgan fingerprint density at radius 1 is 1.12 bits per heavy atom. The lowest BCUT2D eigenvalue weighted by Crippen LogP contribution is -2.48. The van der Waals surface area contributed by atoms with E-state index in [2.05, 4.69) is 22.2 Å². The zero-order valence-corrected chi connectivity index (χ0v) is 20.6. The fraction of sp³-hybridized carbons (Fsp3) is 0.458. The summed E-state index contributed by atoms with van der Waals surface area (Å²) in [5.41, 5.74) is 3.07. The number of carbonyl (C=O) groups is 1. The van der Waals surface area contributed by atoms with E-state index in [1.165, 1.54) is 0 Å². The lowest BCUT2D eigenvalue weighted by molar-refractivity contribution is 0.0631. The minimum absolute atomic E-state index is 0.137. The van der Waals surface area contributed by atoms with Crippen molar-refractivity contribution in [1.82, 2.24) is 19.8 Å². The van der Waals surface area contributed by atoms with Gasteiger partial charge in [-0.15, -0.1) is 22.7 Å². The van der Waals surface area contributed by atoms with Crippen molar-refractivity contribution in [3.05, 3.63) is 50.9 Å². The Morgan fingerprint density at radius 2 is 1.88 bits per heavy atom. The molecule has 1 amide bonds. The van der Waals surface area contributed by atoms with Crippen LogP contribution in [-0.2, 0) is 13.0 Å². The van der Waals surface area contributed by atoms with Gasteiger partial charge in [-0.3, -0.25) is 9.69 Å². The highest BCUT2D eigenvalue weighted by molar-refractivity contribution is 7.13. The summed E-state index contributed by atoms with van der Waals surface area (Å²) in [5, 5.41) is 4.24. The summed E-state index contributed by atoms with van der Waals surface area (Å²) in [6, 6.07) is 8.01. The zero-order chi connectivity index (χ0) is 22.5. The van der Waals surface area contributed by atoms with Crippen LogP contribution in [-0.4, -0.2) is 59.0 Å². The minimum Gasteiger partial charge on any atom is -0.497 e. The number of rotatable bonds is 8. The number of hydrogen-bond donors (Lipinski definition) is 0. The summed E-state index contributed by atoms with van der Waals surface area (Å²) in [7, 11) is 1.67. The molecular weight excluding hydrogens is 440 g/mol. The number of aryl methyl sites for hydroxylation is 2. The number of benzene rings is 1. The number of methoxy groups -OCH3 is 1. The van der Waals surface area contributed by atoms with Gasteiger partial charge in [0.1, 0.15) is 15.6 Å². The smallest absolute Gasteiger partial charge is 0.265 e. The lowest BCUT2D eigenvalue weighted by atomic mass is 10.2. The van der Waals surface area contributed by atoms with E-state index in [0.29, 0.717) is 0 Å². The van der Waals surface area contributed by atoms with Crippen LogP contribution in [0.1, 0.15) is 45.8 Å². The van der Waals surface area contributed by atoms with E-state index in [1.807, 2.05) is 36.1 Å². The first-order chi connectivity index (χ1) is 15.6. The third-order valence-electron chi connectivity index (χ3n) is 5.71. The van der Waals surface area contributed by atoms with Crippen LogP contribution in [0.15, 0.2) is 29.6 Å². The Bertz CT molecular complexity index is 1040. The Balaban J connectivity index is 1.31. The number of amides is 1. The van der Waals surface area contributed by atoms with Gasteiger partial charge in [0.2, 0.25) is 0 Å². The maximum atomic E-state index is 13.0. The van der Waals surface area contributed by atoms with Crippen LogP contribution in [0.5, 0.6) is 5.75 Å². The average Bonchev–Trinajstić information content (AvgIpc) is 3.44. The van der Waals surface area contributed by atoms with Crippen molar-refractivity contribution >= 4 is 28.6 Å². The van der Waals surface area contributed by atoms with Gasteiger partial charge in [-0.25, -0.2) is 9.97 Å². The van der Waals surface area contributed by atoms with E-state index in [9.17, 15) is 4.79 Å². The highest BCUT2D eigenvalue weighted by Gasteiger charge is 2.25. The number of carbonyl (C=O) groups excluding carboxylic acids is 1. The number of nitrogens with zero attached hydrogens (tertiary/aromatic N) is 4. The summed E-state index contributed by atoms with van der Waals surface area (Å²) < 4.78 is 5.23. The predicted molar refractivity (Wildman–Crippen MR) is 131 cm³/mol. The molecule has 0 spiro atoms. The quantitative estimate of drug-likeness (QED) is 0.469. The van der Waals surface area contributed by atoms with E-state index in [-0.39, 0.29) is 5.91 Å². The van der Waals surface area contributed by atoms with Crippen molar-refractivity contribution in [3.63, 3.8) is 0 Å². The lowest BCUT2D eigenvalue weighted by Gasteiger charge is -2.34. The molecule has 1 saturated heterocycles. The van der Waals surface area contributed by atoms with Crippen LogP contribution in [0.25, 0.3) is 10.6 Å². The molecular formula is C24H30N4O2S2. The molecule has 4 rings (SSSR count). The fourth-order valence-corrected chi connectivity index (χ4v) is 5.70. The van der Waals surface area contributed by atoms with Crippen molar-refractivity contribution in [3.8, 4) is 16.3 Å². The number of thiazole rings is 2. The summed E-state index contributed by atoms with van der Waals surface area (Å²) in [6.45, 7) is 8.17. The van der Waals surface area contributed by atoms with Gasteiger partial charge in [0.25, 0.3) is 5.91 Å². The van der Waals surface area contributed by atoms with Crippen LogP contribution in [0.3, 0.4) is 0 Å². The van der Waals surface area contributed by atoms with Crippen molar-refractivity contribution in [2.45, 2.75) is 39.7 Å². The molecule has 0 bridgehead atoms. The van der Waals surface area contributed by atoms with Gasteiger partial charge in [0, 0.05) is 43.7 Å². The molecule has 0 atom stereocenters. The third-order valence-corrected chi connectivity index (χ3v) is 7.86. The molecule has 6 nitrogen and oxygen atoms in total. The number of aromatic nitrogens is 2. The molecule has 1 aromatic carbocycles. The number of ether oxygens (including phenoxy) is 1. The first-order valence-electron chi connectivity index (χ1n) is 11.1. The third kappa shape index (κ3) is 5.36. The number of piperazine rings is 1. The van der Waals surface area contributed by atoms with Gasteiger partial charge < -0.3 is 9.64 Å². The van der Waals surface area contributed by atoms with Gasteiger partial charge in [0.15, 0.2) is 0 Å². The van der Waals surface area contributed by atoms with E-state index >= 15 is 0 Å². The maximum absolute atomic E-state index is 13.0. The number of hydrogen-bond acceptors (Lipinski definition) is 7. The van der Waals surface area contributed by atoms with E-state index in [4.69, 9.17) is 9.72 Å². The second-order valence-electron chi connectivity index (χ2n) is 8.07. The summed E-state index contributed by atoms with van der Waals surface area (Å²) in [6.07, 6.45) is 3.23. The summed E-state index contributed by atoms with van der Waals surface area (Å²) >= 11 is 3.24. The molecule has 2 aromatic heterocycles. The van der Waals surface area contributed by atoms with Crippen molar-refractivity contribution in [2.24, 2.45) is 0 Å². The van der Waals surface area contributed by atoms with Gasteiger partial charge in [-0.1, -0.05) is 13.3 Å². The van der Waals surface area contributed by atoms with Crippen molar-refractivity contribution < 1.29 is 9.53 Å². The predicted octanol–water partition coefficient (Wildman–Crippen LogP) is 4.88. The van der Waals surface area contributed by atoms with Crippen LogP contribution in [0.4, 0.5) is 0 Å². The normalized spacial score (nSPS) is 14.7. The molecule has 3 heterocycles. The van der Waals surface area contributed by atoms with E-state index in [1.54, 1.807) is 29.8 Å². The Kier molecular flexibility index (Phi) is 7.55. The number of unbranched alkanes of at least 4 members (excludes halogenated alkanes) is 1. The van der Waals surface area contributed by atoms with E-state index < -0.39 is 0 Å². The van der Waals surface area contributed by atoms with Gasteiger partial charge in [-0.2, -0.15) is 0 Å². The molecule has 32 heavy (non-hydrogen) atoms. The topological polar surface area (TPSA) is 58.6 Å². The SMILES string of the molecule is CCCCc1nc(C)c(C(=O)N2CCN(Cc3csc(-c4ccc(OC)cc4)n3)CC2)s1. The maximum Gasteiger partial charge on any atom is 0.265 e. The minimum atomic E-state index is 0.137. The second kappa shape index (κ2) is 10.6. The van der Waals surface area contributed by atoms with Crippen molar-refractivity contribution in [1.29, 1.82) is 0 Å². The molecule has 0 N–H and O–H groups in total. The largest absolute Gasteiger partial charge is 0.497 e. The first kappa shape index (κ1) is 22.9. The first-order valence-corrected chi connectivity index (χ1v) is 12.8. The van der Waals surface area contributed by atoms with Crippen LogP contribution >= 0.6 is 22.7 Å². The Labute approximate surface area is 197 Å². The second-order valence-corrected chi connectivity index (χ2v) is 10.0. The van der Waals surface area contributed by atoms with Crippen LogP contribution < -0.4 is 4.74 Å². The Morgan fingerprint density at radius 3 is 2.56 bits per heavy atom. The average molecular weight is 471 g/mol. The molecule has 1 aliphatic heterocycles. The van der Waals surface area contributed by atoms with Gasteiger partial charge in [-0.05, 0) is 44.0 Å². The van der Waals surface area contributed by atoms with Gasteiger partial charge >= 0.3 is 0 Å². The van der Waals surface area contributed by atoms with Crippen molar-refractivity contribution in [2.75, 3.05) is 33.3 Å². The standard InChI is InChI=1S/C24H30N4O2S2/c1-4-5-6-21-25-17(2)22(32-21)24(29)28-13-11-27(12-14-28)15-19-16-31-23(26-19)18-7-9-20(30-3)10-8-18/h7-10,16H,4-6,11-15H2,1-3H3. The summed E-state index contributed by atoms with van der Waals surface area (Å²) in [4.78, 5) is 27.6. The molecule has 0 saturated carbocycles. The molecule has 0 radical (unpaired) electrons.